The lowest BCUT2D eigenvalue weighted by Crippen LogP contribution is -2.59. The maximum atomic E-state index is 6.26. The van der Waals surface area contributed by atoms with Crippen LogP contribution >= 0.6 is 0 Å². The first-order valence-corrected chi connectivity index (χ1v) is 5.59. The normalized spacial score (nSPS) is 21.8. The summed E-state index contributed by atoms with van der Waals surface area (Å²) in [6.45, 7) is 10.7. The van der Waals surface area contributed by atoms with Crippen LogP contribution in [0.5, 0.6) is 0 Å². The predicted octanol–water partition coefficient (Wildman–Crippen LogP) is 1.09. The Morgan fingerprint density at radius 1 is 1.12 bits per heavy atom. The molecule has 1 rings (SSSR count). The zero-order valence-corrected chi connectivity index (χ0v) is 11.0. The summed E-state index contributed by atoms with van der Waals surface area (Å²) in [6.07, 6.45) is 2.12. The molecule has 1 atom stereocenters. The van der Waals surface area contributed by atoms with Crippen LogP contribution < -0.4 is 5.43 Å². The molecule has 0 bridgehead atoms. The van der Waals surface area contributed by atoms with E-state index in [0.29, 0.717) is 0 Å². The first-order valence-electron chi connectivity index (χ1n) is 5.59. The molecule has 0 saturated carbocycles. The van der Waals surface area contributed by atoms with Crippen molar-refractivity contribution in [3.05, 3.63) is 11.8 Å². The van der Waals surface area contributed by atoms with Crippen molar-refractivity contribution in [1.29, 1.82) is 0 Å². The minimum Gasteiger partial charge on any atom is -0.316 e. The highest BCUT2D eigenvalue weighted by molar-refractivity contribution is 6.44. The number of allylic oxidation sites excluding steroid dienone is 1. The fraction of sp³-hybridized carbons (Fsp3) is 0.818. The van der Waals surface area contributed by atoms with Crippen LogP contribution in [0.1, 0.15) is 34.6 Å². The van der Waals surface area contributed by atoms with Gasteiger partial charge in [0, 0.05) is 23.1 Å². The molecule has 2 nitrogen and oxygen atoms in total. The van der Waals surface area contributed by atoms with Gasteiger partial charge in [-0.1, -0.05) is 32.9 Å². The third-order valence-corrected chi connectivity index (χ3v) is 3.11. The summed E-state index contributed by atoms with van der Waals surface area (Å²) in [6, 6.07) is 0. The molecule has 82 valence electrons. The summed E-state index contributed by atoms with van der Waals surface area (Å²) in [5, 5.41) is 0.904. The molecule has 1 unspecified atom stereocenters. The van der Waals surface area contributed by atoms with Gasteiger partial charge in [-0.3, -0.25) is 0 Å². The average molecular weight is 212 g/mol. The number of hydrazine groups is 1. The molecule has 1 aliphatic rings. The van der Waals surface area contributed by atoms with Crippen LogP contribution in [0.15, 0.2) is 11.8 Å². The number of hydrogen-bond donors (Lipinski definition) is 1. The smallest absolute Gasteiger partial charge is 0.104 e. The second-order valence-corrected chi connectivity index (χ2v) is 5.97. The molecule has 1 N–H and O–H groups in total. The fourth-order valence-corrected chi connectivity index (χ4v) is 1.71. The first kappa shape index (κ1) is 13.8. The van der Waals surface area contributed by atoms with Gasteiger partial charge in [-0.2, -0.15) is 0 Å². The Kier molecular flexibility index (Phi) is 3.33. The molecule has 6 radical (unpaired) electrons. The first-order chi connectivity index (χ1) is 6.98. The molecular weight excluding hydrogens is 193 g/mol. The second-order valence-electron chi connectivity index (χ2n) is 5.97. The summed E-state index contributed by atoms with van der Waals surface area (Å²) in [5.41, 5.74) is 3.51. The lowest BCUT2D eigenvalue weighted by molar-refractivity contribution is 0.131. The molecule has 16 heavy (non-hydrogen) atoms. The molecule has 1 heterocycles. The van der Waals surface area contributed by atoms with Gasteiger partial charge in [-0.15, -0.1) is 0 Å². The lowest BCUT2D eigenvalue weighted by atomic mass is 9.41. The Labute approximate surface area is 103 Å². The standard InChI is InChI=1S/C11H19B3N2/c1-9(2,3)8-6-7-15-16(8)11(5,14)10(4,12)13/h6,15H,7H2,1-5H3. The number of nitrogens with one attached hydrogen (secondary N) is 1. The van der Waals surface area contributed by atoms with E-state index in [2.05, 4.69) is 32.3 Å². The van der Waals surface area contributed by atoms with Crippen LogP contribution in [0.25, 0.3) is 0 Å². The second kappa shape index (κ2) is 3.87. The van der Waals surface area contributed by atoms with Gasteiger partial charge < -0.3 is 5.01 Å². The molecule has 0 saturated heterocycles. The third kappa shape index (κ3) is 2.34. The van der Waals surface area contributed by atoms with Gasteiger partial charge in [-0.05, 0) is 13.0 Å². The topological polar surface area (TPSA) is 15.3 Å². The quantitative estimate of drug-likeness (QED) is 0.689. The minimum atomic E-state index is -0.991. The van der Waals surface area contributed by atoms with Crippen LogP contribution in [0.4, 0.5) is 0 Å². The molecule has 5 heteroatoms. The third-order valence-electron chi connectivity index (χ3n) is 3.11. The number of nitrogens with zero attached hydrogens (tertiary/aromatic N) is 1. The highest BCUT2D eigenvalue weighted by Gasteiger charge is 2.41. The van der Waals surface area contributed by atoms with E-state index in [4.69, 9.17) is 23.5 Å². The Morgan fingerprint density at radius 2 is 1.62 bits per heavy atom. The van der Waals surface area contributed by atoms with Gasteiger partial charge in [0.15, 0.2) is 0 Å². The van der Waals surface area contributed by atoms with Gasteiger partial charge in [0.2, 0.25) is 0 Å². The summed E-state index contributed by atoms with van der Waals surface area (Å²) in [5.74, 6) is 0. The minimum absolute atomic E-state index is 0.00931. The Morgan fingerprint density at radius 3 is 2.00 bits per heavy atom. The van der Waals surface area contributed by atoms with Crippen molar-refractivity contribution in [2.24, 2.45) is 5.41 Å². The molecule has 0 spiro atoms. The fourth-order valence-electron chi connectivity index (χ4n) is 1.71. The monoisotopic (exact) mass is 212 g/mol. The molecule has 0 amide bonds. The Bertz CT molecular complexity index is 297. The van der Waals surface area contributed by atoms with Crippen molar-refractivity contribution in [2.75, 3.05) is 6.54 Å². The van der Waals surface area contributed by atoms with Crippen molar-refractivity contribution < 1.29 is 0 Å². The largest absolute Gasteiger partial charge is 0.316 e. The number of hydrogen-bond acceptors (Lipinski definition) is 2. The lowest BCUT2D eigenvalue weighted by Gasteiger charge is -2.51. The zero-order valence-electron chi connectivity index (χ0n) is 11.0. The van der Waals surface area contributed by atoms with E-state index in [0.717, 1.165) is 12.2 Å². The van der Waals surface area contributed by atoms with Crippen LogP contribution in [0.3, 0.4) is 0 Å². The molecule has 0 aromatic heterocycles. The highest BCUT2D eigenvalue weighted by Crippen LogP contribution is 2.40. The predicted molar refractivity (Wildman–Crippen MR) is 71.4 cm³/mol. The molecular formula is C11H19B3N2. The maximum Gasteiger partial charge on any atom is 0.104 e. The van der Waals surface area contributed by atoms with E-state index < -0.39 is 10.7 Å². The van der Waals surface area contributed by atoms with Crippen LogP contribution in [0, 0.1) is 5.41 Å². The Balaban J connectivity index is 3.03. The summed E-state index contributed by atoms with van der Waals surface area (Å²) in [7, 11) is 18.1. The van der Waals surface area contributed by atoms with E-state index in [1.807, 2.05) is 11.9 Å². The van der Waals surface area contributed by atoms with Gasteiger partial charge in [0.05, 0.1) is 15.7 Å². The van der Waals surface area contributed by atoms with E-state index in [-0.39, 0.29) is 5.41 Å². The molecule has 0 fully saturated rings. The van der Waals surface area contributed by atoms with Gasteiger partial charge >= 0.3 is 0 Å². The van der Waals surface area contributed by atoms with E-state index in [9.17, 15) is 0 Å². The van der Waals surface area contributed by atoms with Gasteiger partial charge in [-0.25, -0.2) is 5.43 Å². The molecule has 0 aliphatic carbocycles. The summed E-state index contributed by atoms with van der Waals surface area (Å²) in [4.78, 5) is 0. The summed E-state index contributed by atoms with van der Waals surface area (Å²) >= 11 is 0. The van der Waals surface area contributed by atoms with Crippen molar-refractivity contribution in [3.8, 4) is 0 Å². The van der Waals surface area contributed by atoms with Gasteiger partial charge in [0.1, 0.15) is 7.85 Å². The maximum absolute atomic E-state index is 6.26. The molecule has 0 aromatic carbocycles. The molecule has 0 aromatic rings. The Hall–Kier alpha value is -0.305. The van der Waals surface area contributed by atoms with E-state index in [1.54, 1.807) is 6.92 Å². The van der Waals surface area contributed by atoms with Crippen molar-refractivity contribution in [2.45, 2.75) is 45.3 Å². The van der Waals surface area contributed by atoms with Crippen LogP contribution in [0.2, 0.25) is 5.21 Å². The van der Waals surface area contributed by atoms with Crippen molar-refractivity contribution >= 4 is 23.5 Å². The van der Waals surface area contributed by atoms with Crippen LogP contribution in [-0.2, 0) is 0 Å². The summed E-state index contributed by atoms with van der Waals surface area (Å²) < 4.78 is 0. The molecule has 1 aliphatic heterocycles. The van der Waals surface area contributed by atoms with E-state index in [1.165, 1.54) is 0 Å². The number of rotatable bonds is 2. The van der Waals surface area contributed by atoms with E-state index >= 15 is 0 Å². The van der Waals surface area contributed by atoms with Gasteiger partial charge in [0.25, 0.3) is 0 Å². The van der Waals surface area contributed by atoms with Crippen molar-refractivity contribution in [3.63, 3.8) is 0 Å². The van der Waals surface area contributed by atoms with Crippen LogP contribution in [-0.4, -0.2) is 40.5 Å². The zero-order chi connectivity index (χ0) is 12.8. The van der Waals surface area contributed by atoms with Crippen molar-refractivity contribution in [1.82, 2.24) is 10.4 Å². The average Bonchev–Trinajstić information content (AvgIpc) is 2.47. The SMILES string of the molecule is [B]C([B])(C)C([B])(C)N1NCC=C1C(C)(C)C. The highest BCUT2D eigenvalue weighted by atomic mass is 15.6.